The molecule has 1 amide bonds. The molecule has 0 spiro atoms. The van der Waals surface area contributed by atoms with Crippen molar-refractivity contribution in [1.29, 1.82) is 0 Å². The molecule has 1 unspecified atom stereocenters. The molecule has 1 saturated heterocycles. The molecule has 1 aliphatic heterocycles. The highest BCUT2D eigenvalue weighted by atomic mass is 32.2. The van der Waals surface area contributed by atoms with E-state index >= 15 is 0 Å². The Hall–Kier alpha value is -2.38. The summed E-state index contributed by atoms with van der Waals surface area (Å²) in [6.45, 7) is 5.53. The number of carbonyl (C=O) groups excluding carboxylic acids is 1. The van der Waals surface area contributed by atoms with E-state index in [1.165, 1.54) is 4.31 Å². The van der Waals surface area contributed by atoms with Crippen LogP contribution in [0.25, 0.3) is 0 Å². The Kier molecular flexibility index (Phi) is 8.70. The number of rotatable bonds is 10. The molecule has 1 heterocycles. The third-order valence-electron chi connectivity index (χ3n) is 5.86. The lowest BCUT2D eigenvalue weighted by molar-refractivity contribution is -0.126. The quantitative estimate of drug-likeness (QED) is 0.553. The summed E-state index contributed by atoms with van der Waals surface area (Å²) >= 11 is 0. The van der Waals surface area contributed by atoms with E-state index < -0.39 is 10.0 Å². The van der Waals surface area contributed by atoms with E-state index in [4.69, 9.17) is 4.74 Å². The number of benzene rings is 2. The number of aryl methyl sites for hydroxylation is 3. The zero-order valence-corrected chi connectivity index (χ0v) is 19.9. The van der Waals surface area contributed by atoms with Crippen LogP contribution < -0.4 is 10.1 Å². The summed E-state index contributed by atoms with van der Waals surface area (Å²) in [4.78, 5) is 12.6. The van der Waals surface area contributed by atoms with Gasteiger partial charge in [-0.2, -0.15) is 0 Å². The van der Waals surface area contributed by atoms with Crippen molar-refractivity contribution in [2.45, 2.75) is 39.5 Å². The second kappa shape index (κ2) is 11.5. The van der Waals surface area contributed by atoms with Gasteiger partial charge in [-0.05, 0) is 62.3 Å². The summed E-state index contributed by atoms with van der Waals surface area (Å²) in [6.07, 6.45) is 2.72. The normalized spacial score (nSPS) is 17.1. The van der Waals surface area contributed by atoms with Crippen LogP contribution in [0.4, 0.5) is 0 Å². The average Bonchev–Trinajstić information content (AvgIpc) is 2.79. The van der Waals surface area contributed by atoms with Crippen LogP contribution in [0.5, 0.6) is 5.75 Å². The van der Waals surface area contributed by atoms with Crippen LogP contribution in [-0.2, 0) is 21.2 Å². The smallest absolute Gasteiger partial charge is 0.224 e. The third kappa shape index (κ3) is 7.07. The summed E-state index contributed by atoms with van der Waals surface area (Å²) < 4.78 is 32.9. The predicted molar refractivity (Wildman–Crippen MR) is 127 cm³/mol. The van der Waals surface area contributed by atoms with Crippen LogP contribution in [0.3, 0.4) is 0 Å². The van der Waals surface area contributed by atoms with Gasteiger partial charge in [0.1, 0.15) is 12.4 Å². The number of sulfonamides is 1. The highest BCUT2D eigenvalue weighted by Crippen LogP contribution is 2.21. The highest BCUT2D eigenvalue weighted by Gasteiger charge is 2.31. The summed E-state index contributed by atoms with van der Waals surface area (Å²) in [6, 6.07) is 15.9. The van der Waals surface area contributed by atoms with Crippen LogP contribution >= 0.6 is 0 Å². The zero-order chi connectivity index (χ0) is 23.0. The lowest BCUT2D eigenvalue weighted by atomic mass is 9.99. The molecule has 32 heavy (non-hydrogen) atoms. The molecule has 0 aliphatic carbocycles. The Balaban J connectivity index is 1.42. The molecule has 0 saturated carbocycles. The molecular formula is C25H34N2O4S. The van der Waals surface area contributed by atoms with Gasteiger partial charge in [-0.15, -0.1) is 0 Å². The van der Waals surface area contributed by atoms with Gasteiger partial charge in [-0.1, -0.05) is 42.5 Å². The zero-order valence-electron chi connectivity index (χ0n) is 19.0. The fourth-order valence-electron chi connectivity index (χ4n) is 3.98. The molecule has 0 bridgehead atoms. The molecule has 1 fully saturated rings. The molecule has 3 rings (SSSR count). The first-order chi connectivity index (χ1) is 15.3. The molecule has 2 aromatic carbocycles. The van der Waals surface area contributed by atoms with Gasteiger partial charge < -0.3 is 10.1 Å². The van der Waals surface area contributed by atoms with Crippen LogP contribution in [0.2, 0.25) is 0 Å². The maximum Gasteiger partial charge on any atom is 0.224 e. The van der Waals surface area contributed by atoms with E-state index in [0.29, 0.717) is 39.0 Å². The van der Waals surface area contributed by atoms with Crippen molar-refractivity contribution in [2.75, 3.05) is 32.0 Å². The number of hydrogen-bond acceptors (Lipinski definition) is 4. The predicted octanol–water partition coefficient (Wildman–Crippen LogP) is 3.47. The van der Waals surface area contributed by atoms with Crippen molar-refractivity contribution in [2.24, 2.45) is 5.92 Å². The van der Waals surface area contributed by atoms with Crippen molar-refractivity contribution in [3.63, 3.8) is 0 Å². The van der Waals surface area contributed by atoms with Gasteiger partial charge in [0, 0.05) is 13.1 Å². The summed E-state index contributed by atoms with van der Waals surface area (Å²) in [5, 5.41) is 2.91. The Morgan fingerprint density at radius 2 is 1.94 bits per heavy atom. The van der Waals surface area contributed by atoms with Gasteiger partial charge in [-0.25, -0.2) is 12.7 Å². The van der Waals surface area contributed by atoms with Crippen LogP contribution in [0.15, 0.2) is 48.5 Å². The standard InChI is InChI=1S/C25H34N2O4S/c1-20-12-13-21(2)24(18-20)31-16-14-26-25(28)23-11-6-15-27(19-23)32(29,30)17-7-10-22-8-4-3-5-9-22/h3-5,8-9,12-13,18,23H,6-7,10-11,14-17,19H2,1-2H3,(H,26,28). The minimum Gasteiger partial charge on any atom is -0.491 e. The van der Waals surface area contributed by atoms with E-state index in [-0.39, 0.29) is 24.1 Å². The van der Waals surface area contributed by atoms with Crippen molar-refractivity contribution in [3.8, 4) is 5.75 Å². The van der Waals surface area contributed by atoms with E-state index in [9.17, 15) is 13.2 Å². The largest absolute Gasteiger partial charge is 0.491 e. The van der Waals surface area contributed by atoms with Gasteiger partial charge >= 0.3 is 0 Å². The minimum atomic E-state index is -3.36. The maximum atomic E-state index is 12.8. The van der Waals surface area contributed by atoms with Crippen molar-refractivity contribution in [1.82, 2.24) is 9.62 Å². The van der Waals surface area contributed by atoms with Crippen molar-refractivity contribution >= 4 is 15.9 Å². The molecule has 1 N–H and O–H groups in total. The number of nitrogens with zero attached hydrogens (tertiary/aromatic N) is 1. The Bertz CT molecular complexity index is 992. The summed E-state index contributed by atoms with van der Waals surface area (Å²) in [5.41, 5.74) is 3.32. The molecule has 1 aliphatic rings. The lowest BCUT2D eigenvalue weighted by Gasteiger charge is -2.31. The second-order valence-electron chi connectivity index (χ2n) is 8.51. The maximum absolute atomic E-state index is 12.8. The lowest BCUT2D eigenvalue weighted by Crippen LogP contribution is -2.46. The number of amides is 1. The number of nitrogens with one attached hydrogen (secondary N) is 1. The van der Waals surface area contributed by atoms with E-state index in [0.717, 1.165) is 28.9 Å². The summed E-state index contributed by atoms with van der Waals surface area (Å²) in [5.74, 6) is 0.525. The number of carbonyl (C=O) groups is 1. The summed E-state index contributed by atoms with van der Waals surface area (Å²) in [7, 11) is -3.36. The molecule has 0 radical (unpaired) electrons. The number of hydrogen-bond donors (Lipinski definition) is 1. The number of piperidine rings is 1. The minimum absolute atomic E-state index is 0.0984. The van der Waals surface area contributed by atoms with Crippen LogP contribution in [0.1, 0.15) is 36.0 Å². The van der Waals surface area contributed by atoms with Gasteiger partial charge in [-0.3, -0.25) is 4.79 Å². The van der Waals surface area contributed by atoms with Gasteiger partial charge in [0.25, 0.3) is 0 Å². The van der Waals surface area contributed by atoms with Crippen molar-refractivity contribution in [3.05, 3.63) is 65.2 Å². The first kappa shape index (κ1) is 24.3. The average molecular weight is 459 g/mol. The molecule has 1 atom stereocenters. The molecule has 0 aromatic heterocycles. The highest BCUT2D eigenvalue weighted by molar-refractivity contribution is 7.89. The van der Waals surface area contributed by atoms with Gasteiger partial charge in [0.2, 0.25) is 15.9 Å². The SMILES string of the molecule is Cc1ccc(C)c(OCCNC(=O)C2CCCN(S(=O)(=O)CCCc3ccccc3)C2)c1. The first-order valence-corrected chi connectivity index (χ1v) is 13.0. The fraction of sp³-hybridized carbons (Fsp3) is 0.480. The molecular weight excluding hydrogens is 424 g/mol. The molecule has 174 valence electrons. The van der Waals surface area contributed by atoms with E-state index in [1.807, 2.05) is 62.4 Å². The van der Waals surface area contributed by atoms with Gasteiger partial charge in [0.05, 0.1) is 18.2 Å². The third-order valence-corrected chi connectivity index (χ3v) is 7.78. The Labute approximate surface area is 192 Å². The topological polar surface area (TPSA) is 75.7 Å². The fourth-order valence-corrected chi connectivity index (χ4v) is 5.57. The molecule has 6 nitrogen and oxygen atoms in total. The van der Waals surface area contributed by atoms with E-state index in [1.54, 1.807) is 0 Å². The van der Waals surface area contributed by atoms with Crippen LogP contribution in [0, 0.1) is 19.8 Å². The Morgan fingerprint density at radius 1 is 1.16 bits per heavy atom. The monoisotopic (exact) mass is 458 g/mol. The second-order valence-corrected chi connectivity index (χ2v) is 10.6. The molecule has 2 aromatic rings. The number of ether oxygens (including phenoxy) is 1. The van der Waals surface area contributed by atoms with Gasteiger partial charge in [0.15, 0.2) is 0 Å². The molecule has 7 heteroatoms. The van der Waals surface area contributed by atoms with Crippen molar-refractivity contribution < 1.29 is 17.9 Å². The van der Waals surface area contributed by atoms with Crippen LogP contribution in [-0.4, -0.2) is 50.6 Å². The van der Waals surface area contributed by atoms with E-state index in [2.05, 4.69) is 5.32 Å². The first-order valence-electron chi connectivity index (χ1n) is 11.3. The Morgan fingerprint density at radius 3 is 2.72 bits per heavy atom.